The Labute approximate surface area is 201 Å². The van der Waals surface area contributed by atoms with Crippen molar-refractivity contribution in [1.29, 1.82) is 0 Å². The van der Waals surface area contributed by atoms with Crippen molar-refractivity contribution in [2.24, 2.45) is 0 Å². The number of aryl methyl sites for hydroxylation is 1. The van der Waals surface area contributed by atoms with E-state index in [0.29, 0.717) is 21.3 Å². The Morgan fingerprint density at radius 1 is 1.00 bits per heavy atom. The fourth-order valence-electron chi connectivity index (χ4n) is 3.15. The number of ketones is 1. The van der Waals surface area contributed by atoms with Gasteiger partial charge in [0.05, 0.1) is 27.7 Å². The summed E-state index contributed by atoms with van der Waals surface area (Å²) in [5, 5.41) is 7.45. The lowest BCUT2D eigenvalue weighted by Gasteiger charge is -2.21. The van der Waals surface area contributed by atoms with Crippen LogP contribution >= 0.6 is 22.9 Å². The van der Waals surface area contributed by atoms with Crippen molar-refractivity contribution in [1.82, 2.24) is 0 Å². The van der Waals surface area contributed by atoms with Crippen molar-refractivity contribution in [2.75, 3.05) is 10.6 Å². The molecule has 2 amide bonds. The molecule has 0 aliphatic carbocycles. The minimum absolute atomic E-state index is 0.326. The molecule has 3 aromatic rings. The Morgan fingerprint density at radius 2 is 1.73 bits per heavy atom. The lowest BCUT2D eigenvalue weighted by Crippen LogP contribution is -2.27. The van der Waals surface area contributed by atoms with E-state index in [1.54, 1.807) is 44.4 Å². The minimum atomic E-state index is -0.680. The molecule has 2 N–H and O–H groups in total. The number of halogens is 1. The summed E-state index contributed by atoms with van der Waals surface area (Å²) < 4.78 is 5.33. The Bertz CT molecular complexity index is 1200. The van der Waals surface area contributed by atoms with Crippen molar-refractivity contribution in [3.63, 3.8) is 0 Å². The number of hydrogen-bond acceptors (Lipinski definition) is 5. The van der Waals surface area contributed by atoms with Gasteiger partial charge in [0.1, 0.15) is 5.60 Å². The summed E-state index contributed by atoms with van der Waals surface area (Å²) in [7, 11) is 0. The highest BCUT2D eigenvalue weighted by Crippen LogP contribution is 2.32. The number of nitrogens with one attached hydrogen (secondary N) is 2. The first-order valence-electron chi connectivity index (χ1n) is 10.3. The maximum atomic E-state index is 12.7. The molecule has 0 saturated heterocycles. The van der Waals surface area contributed by atoms with Crippen LogP contribution in [-0.4, -0.2) is 23.4 Å². The first-order chi connectivity index (χ1) is 15.5. The molecule has 8 heteroatoms. The zero-order valence-electron chi connectivity index (χ0n) is 18.8. The van der Waals surface area contributed by atoms with Crippen LogP contribution in [-0.2, 0) is 9.53 Å². The minimum Gasteiger partial charge on any atom is -0.444 e. The molecule has 0 atom stereocenters. The van der Waals surface area contributed by atoms with Gasteiger partial charge in [-0.2, -0.15) is 0 Å². The van der Waals surface area contributed by atoms with Crippen molar-refractivity contribution < 1.29 is 19.1 Å². The third-order valence-electron chi connectivity index (χ3n) is 4.58. The molecule has 0 spiro atoms. The largest absolute Gasteiger partial charge is 0.444 e. The number of ether oxygens (including phenoxy) is 1. The Kier molecular flexibility index (Phi) is 7.56. The summed E-state index contributed by atoms with van der Waals surface area (Å²) in [5.74, 6) is -0.886. The highest BCUT2D eigenvalue weighted by molar-refractivity contribution is 7.12. The predicted molar refractivity (Wildman–Crippen MR) is 133 cm³/mol. The van der Waals surface area contributed by atoms with Crippen LogP contribution in [0.4, 0.5) is 16.2 Å². The monoisotopic (exact) mass is 484 g/mol. The van der Waals surface area contributed by atoms with Crippen molar-refractivity contribution in [3.8, 4) is 11.1 Å². The number of benzene rings is 2. The van der Waals surface area contributed by atoms with Gasteiger partial charge in [-0.05, 0) is 68.0 Å². The average molecular weight is 485 g/mol. The SMILES string of the molecule is Cc1ccccc1-c1ccc(NC(=O)OC(C)(C)C)c(NC(=O)CC(=O)c2sccc2Cl)c1. The lowest BCUT2D eigenvalue weighted by atomic mass is 9.99. The van der Waals surface area contributed by atoms with E-state index in [-0.39, 0.29) is 12.2 Å². The van der Waals surface area contributed by atoms with Crippen LogP contribution in [0.5, 0.6) is 0 Å². The van der Waals surface area contributed by atoms with Gasteiger partial charge in [0.2, 0.25) is 5.91 Å². The van der Waals surface area contributed by atoms with Gasteiger partial charge in [0.15, 0.2) is 5.78 Å². The summed E-state index contributed by atoms with van der Waals surface area (Å²) in [6, 6.07) is 14.8. The van der Waals surface area contributed by atoms with E-state index in [4.69, 9.17) is 16.3 Å². The number of hydrogen-bond donors (Lipinski definition) is 2. The molecule has 0 fully saturated rings. The highest BCUT2D eigenvalue weighted by Gasteiger charge is 2.20. The maximum absolute atomic E-state index is 12.7. The summed E-state index contributed by atoms with van der Waals surface area (Å²) >= 11 is 7.20. The zero-order valence-corrected chi connectivity index (χ0v) is 20.4. The molecular weight excluding hydrogens is 460 g/mol. The molecule has 6 nitrogen and oxygen atoms in total. The molecule has 0 radical (unpaired) electrons. The molecule has 3 rings (SSSR count). The van der Waals surface area contributed by atoms with E-state index < -0.39 is 17.6 Å². The second-order valence-electron chi connectivity index (χ2n) is 8.45. The van der Waals surface area contributed by atoms with Gasteiger partial charge in [-0.25, -0.2) is 4.79 Å². The van der Waals surface area contributed by atoms with E-state index in [1.165, 1.54) is 11.3 Å². The van der Waals surface area contributed by atoms with Crippen LogP contribution in [0.3, 0.4) is 0 Å². The van der Waals surface area contributed by atoms with E-state index in [2.05, 4.69) is 10.6 Å². The number of anilines is 2. The summed E-state index contributed by atoms with van der Waals surface area (Å²) in [6.07, 6.45) is -1.02. The maximum Gasteiger partial charge on any atom is 0.412 e. The molecular formula is C25H25ClN2O4S. The first-order valence-corrected chi connectivity index (χ1v) is 11.6. The van der Waals surface area contributed by atoms with Crippen LogP contribution in [0.1, 0.15) is 42.4 Å². The fourth-order valence-corrected chi connectivity index (χ4v) is 4.25. The number of carbonyl (C=O) groups is 3. The molecule has 1 heterocycles. The summed E-state index contributed by atoms with van der Waals surface area (Å²) in [6.45, 7) is 7.28. The van der Waals surface area contributed by atoms with Gasteiger partial charge in [0.25, 0.3) is 0 Å². The van der Waals surface area contributed by atoms with Crippen molar-refractivity contribution >= 4 is 52.1 Å². The number of amides is 2. The van der Waals surface area contributed by atoms with Crippen LogP contribution < -0.4 is 10.6 Å². The predicted octanol–water partition coefficient (Wildman–Crippen LogP) is 6.94. The molecule has 0 unspecified atom stereocenters. The van der Waals surface area contributed by atoms with Crippen LogP contribution in [0.25, 0.3) is 11.1 Å². The van der Waals surface area contributed by atoms with Crippen LogP contribution in [0, 0.1) is 6.92 Å². The topological polar surface area (TPSA) is 84.5 Å². The number of Topliss-reactive ketones (excluding diaryl/α,β-unsaturated/α-hetero) is 1. The van der Waals surface area contributed by atoms with Gasteiger partial charge >= 0.3 is 6.09 Å². The average Bonchev–Trinajstić information content (AvgIpc) is 3.14. The molecule has 0 bridgehead atoms. The molecule has 33 heavy (non-hydrogen) atoms. The second-order valence-corrected chi connectivity index (χ2v) is 9.77. The molecule has 0 saturated carbocycles. The second kappa shape index (κ2) is 10.2. The van der Waals surface area contributed by atoms with Gasteiger partial charge in [0, 0.05) is 0 Å². The smallest absolute Gasteiger partial charge is 0.412 e. The lowest BCUT2D eigenvalue weighted by molar-refractivity contribution is -0.115. The molecule has 172 valence electrons. The Morgan fingerprint density at radius 3 is 2.36 bits per heavy atom. The van der Waals surface area contributed by atoms with Gasteiger partial charge < -0.3 is 10.1 Å². The van der Waals surface area contributed by atoms with Gasteiger partial charge in [-0.15, -0.1) is 11.3 Å². The van der Waals surface area contributed by atoms with E-state index >= 15 is 0 Å². The van der Waals surface area contributed by atoms with E-state index in [9.17, 15) is 14.4 Å². The van der Waals surface area contributed by atoms with Crippen molar-refractivity contribution in [3.05, 3.63) is 69.4 Å². The van der Waals surface area contributed by atoms with Crippen molar-refractivity contribution in [2.45, 2.75) is 39.7 Å². The molecule has 1 aromatic heterocycles. The Hall–Kier alpha value is -3.16. The zero-order chi connectivity index (χ0) is 24.2. The number of rotatable bonds is 6. The number of carbonyl (C=O) groups excluding carboxylic acids is 3. The van der Waals surface area contributed by atoms with Gasteiger partial charge in [-0.1, -0.05) is 41.9 Å². The van der Waals surface area contributed by atoms with Gasteiger partial charge in [-0.3, -0.25) is 14.9 Å². The normalized spacial score (nSPS) is 11.1. The number of thiophene rings is 1. The standard InChI is InChI=1S/C25H25ClN2O4S/c1-15-7-5-6-8-17(15)16-9-10-19(28-24(31)32-25(2,3)4)20(13-16)27-22(30)14-21(29)23-18(26)11-12-33-23/h5-13H,14H2,1-4H3,(H,27,30)(H,28,31). The summed E-state index contributed by atoms with van der Waals surface area (Å²) in [5.41, 5.74) is 2.93. The quantitative estimate of drug-likeness (QED) is 0.293. The molecule has 0 aliphatic rings. The fraction of sp³-hybridized carbons (Fsp3) is 0.240. The van der Waals surface area contributed by atoms with Crippen LogP contribution in [0.15, 0.2) is 53.9 Å². The highest BCUT2D eigenvalue weighted by atomic mass is 35.5. The molecule has 0 aliphatic heterocycles. The third-order valence-corrected chi connectivity index (χ3v) is 5.96. The van der Waals surface area contributed by atoms with Crippen LogP contribution in [0.2, 0.25) is 5.02 Å². The van der Waals surface area contributed by atoms with E-state index in [0.717, 1.165) is 16.7 Å². The van der Waals surface area contributed by atoms with E-state index in [1.807, 2.05) is 37.3 Å². The Balaban J connectivity index is 1.88. The first kappa shape index (κ1) is 24.5. The third kappa shape index (κ3) is 6.66. The molecule has 2 aromatic carbocycles. The summed E-state index contributed by atoms with van der Waals surface area (Å²) in [4.78, 5) is 37.8.